The minimum Gasteiger partial charge on any atom is -0.368 e. The van der Waals surface area contributed by atoms with Gasteiger partial charge >= 0.3 is 0 Å². The number of imidazole rings is 4. The lowest BCUT2D eigenvalue weighted by Gasteiger charge is -2.22. The monoisotopic (exact) mass is 860 g/mol. The quantitative estimate of drug-likeness (QED) is 0.112. The molecule has 0 aromatic carbocycles. The van der Waals surface area contributed by atoms with Gasteiger partial charge in [-0.2, -0.15) is 10.2 Å². The van der Waals surface area contributed by atoms with E-state index in [1.807, 2.05) is 56.2 Å². The van der Waals surface area contributed by atoms with Crippen molar-refractivity contribution in [2.24, 2.45) is 11.1 Å². The van der Waals surface area contributed by atoms with Crippen LogP contribution in [0.2, 0.25) is 0 Å². The number of aromatic nitrogens is 13. The highest BCUT2D eigenvalue weighted by Crippen LogP contribution is 2.18. The third-order valence-electron chi connectivity index (χ3n) is 8.14. The minimum atomic E-state index is -0.0602. The highest BCUT2D eigenvalue weighted by atomic mass is 15.3. The average molecular weight is 860 g/mol. The number of rotatable bonds is 0. The molecule has 0 spiro atoms. The van der Waals surface area contributed by atoms with E-state index in [4.69, 9.17) is 11.1 Å². The maximum atomic E-state index is 6.83. The largest absolute Gasteiger partial charge is 0.368 e. The van der Waals surface area contributed by atoms with E-state index >= 15 is 0 Å². The standard InChI is InChI=1S/C9H16N2.2C8H14N2.C7H12N2.C6H11N3.C5H12.C4H6N4/c1-7-8(2)11(6-10-7)9(3,4)5;1-7-5-10(6-9-7)8(2,3)4;1-7-5-9-6-10(7)8(2,3)4;1-7(2,3)9-5-4-8-6-9;1-6(2,3)9-5-7-4-8-9;1-5(2,3)4;5-4(6)8-3-1-2-7-8/h6H,1-5H3;2*5-6H,1-4H3;4-6H,1-3H3;4-5H,1-3H3;1-4H3;1-3H,(H3,5,6). The van der Waals surface area contributed by atoms with E-state index in [-0.39, 0.29) is 33.7 Å². The fraction of sp³-hybridized carbons (Fsp3) is 0.617. The van der Waals surface area contributed by atoms with Crippen LogP contribution in [0.1, 0.15) is 154 Å². The van der Waals surface area contributed by atoms with Gasteiger partial charge in [-0.05, 0) is 143 Å². The summed E-state index contributed by atoms with van der Waals surface area (Å²) in [6.45, 7) is 49.2. The van der Waals surface area contributed by atoms with Gasteiger partial charge in [0.15, 0.2) is 0 Å². The summed E-state index contributed by atoms with van der Waals surface area (Å²) in [6, 6.07) is 1.71. The fourth-order valence-corrected chi connectivity index (χ4v) is 4.65. The molecule has 15 heteroatoms. The Bertz CT molecular complexity index is 2000. The minimum absolute atomic E-state index is 0.0602. The highest BCUT2D eigenvalue weighted by Gasteiger charge is 2.16. The van der Waals surface area contributed by atoms with Crippen LogP contribution in [-0.2, 0) is 27.7 Å². The van der Waals surface area contributed by atoms with Crippen LogP contribution in [-0.4, -0.2) is 68.7 Å². The first kappa shape index (κ1) is 56.7. The lowest BCUT2D eigenvalue weighted by atomic mass is 10.0. The van der Waals surface area contributed by atoms with Crippen LogP contribution < -0.4 is 5.73 Å². The summed E-state index contributed by atoms with van der Waals surface area (Å²) in [6.07, 6.45) is 21.6. The molecule has 0 saturated carbocycles. The average Bonchev–Trinajstić information content (AvgIpc) is 3.94. The van der Waals surface area contributed by atoms with E-state index in [1.54, 1.807) is 37.3 Å². The molecular weight excluding hydrogens is 775 g/mol. The summed E-state index contributed by atoms with van der Waals surface area (Å²) in [5, 5.41) is 14.5. The second kappa shape index (κ2) is 23.8. The zero-order chi connectivity index (χ0) is 48.5. The van der Waals surface area contributed by atoms with Gasteiger partial charge < -0.3 is 24.0 Å². The molecule has 0 bridgehead atoms. The first-order valence-corrected chi connectivity index (χ1v) is 21.1. The summed E-state index contributed by atoms with van der Waals surface area (Å²) < 4.78 is 11.7. The molecular formula is C47H85N15. The molecule has 0 aliphatic heterocycles. The van der Waals surface area contributed by atoms with E-state index in [1.165, 1.54) is 16.1 Å². The Balaban J connectivity index is 0.000000707. The Kier molecular flexibility index (Phi) is 21.7. The third kappa shape index (κ3) is 23.6. The Morgan fingerprint density at radius 3 is 1.29 bits per heavy atom. The number of hydrogen-bond donors (Lipinski definition) is 2. The summed E-state index contributed by atoms with van der Waals surface area (Å²) in [5.41, 5.74) is 11.0. The van der Waals surface area contributed by atoms with Gasteiger partial charge in [-0.3, -0.25) is 5.41 Å². The van der Waals surface area contributed by atoms with Crippen molar-refractivity contribution < 1.29 is 0 Å². The Morgan fingerprint density at radius 2 is 1.10 bits per heavy atom. The first-order valence-electron chi connectivity index (χ1n) is 21.1. The van der Waals surface area contributed by atoms with Gasteiger partial charge in [0, 0.05) is 70.7 Å². The molecule has 6 aromatic rings. The Hall–Kier alpha value is -5.34. The van der Waals surface area contributed by atoms with Crippen molar-refractivity contribution in [1.29, 1.82) is 5.41 Å². The van der Waals surface area contributed by atoms with Crippen molar-refractivity contribution in [1.82, 2.24) is 62.7 Å². The van der Waals surface area contributed by atoms with Crippen LogP contribution in [0.25, 0.3) is 0 Å². The Labute approximate surface area is 375 Å². The zero-order valence-corrected chi connectivity index (χ0v) is 42.9. The molecule has 0 amide bonds. The smallest absolute Gasteiger partial charge is 0.213 e. The predicted octanol–water partition coefficient (Wildman–Crippen LogP) is 10.5. The molecule has 0 unspecified atom stereocenters. The number of nitrogens with one attached hydrogen (secondary N) is 1. The van der Waals surface area contributed by atoms with E-state index in [9.17, 15) is 0 Å². The second-order valence-electron chi connectivity index (χ2n) is 21.6. The number of nitrogens with zero attached hydrogens (tertiary/aromatic N) is 13. The summed E-state index contributed by atoms with van der Waals surface area (Å²) in [7, 11) is 0. The number of nitrogen functional groups attached to an aromatic ring is 1. The molecule has 0 radical (unpaired) electrons. The molecule has 15 nitrogen and oxygen atoms in total. The van der Waals surface area contributed by atoms with Crippen LogP contribution in [0, 0.1) is 38.5 Å². The van der Waals surface area contributed by atoms with Crippen LogP contribution in [0.3, 0.4) is 0 Å². The maximum absolute atomic E-state index is 6.83. The van der Waals surface area contributed by atoms with E-state index in [0.29, 0.717) is 5.41 Å². The molecule has 348 valence electrons. The van der Waals surface area contributed by atoms with Gasteiger partial charge in [0.2, 0.25) is 5.96 Å². The molecule has 62 heavy (non-hydrogen) atoms. The van der Waals surface area contributed by atoms with Crippen molar-refractivity contribution in [3.8, 4) is 0 Å². The molecule has 3 N–H and O–H groups in total. The van der Waals surface area contributed by atoms with Crippen molar-refractivity contribution in [2.75, 3.05) is 0 Å². The molecule has 0 fully saturated rings. The zero-order valence-electron chi connectivity index (χ0n) is 42.9. The SMILES string of the molecule is CC(C)(C)C.CC(C)(C)n1ccnc1.CC(C)(C)n1cncn1.Cc1cn(C(C)(C)C)cn1.Cc1cncn1C(C)(C)C.Cc1ncn(C(C)(C)C)c1C.N=C(N)n1cccn1. The first-order chi connectivity index (χ1) is 28.0. The number of hydrogen-bond acceptors (Lipinski definition) is 8. The van der Waals surface area contributed by atoms with Crippen molar-refractivity contribution in [2.45, 2.75) is 187 Å². The molecule has 0 saturated heterocycles. The molecule has 0 aliphatic carbocycles. The molecule has 6 heterocycles. The third-order valence-corrected chi connectivity index (χ3v) is 8.14. The molecule has 0 atom stereocenters. The van der Waals surface area contributed by atoms with Crippen LogP contribution >= 0.6 is 0 Å². The predicted molar refractivity (Wildman–Crippen MR) is 258 cm³/mol. The normalized spacial score (nSPS) is 11.6. The van der Waals surface area contributed by atoms with Crippen molar-refractivity contribution in [3.63, 3.8) is 0 Å². The van der Waals surface area contributed by atoms with Gasteiger partial charge in [0.25, 0.3) is 0 Å². The highest BCUT2D eigenvalue weighted by molar-refractivity contribution is 5.75. The molecule has 0 aliphatic rings. The summed E-state index contributed by atoms with van der Waals surface area (Å²) in [4.78, 5) is 20.2. The second-order valence-corrected chi connectivity index (χ2v) is 21.6. The molecule has 6 rings (SSSR count). The van der Waals surface area contributed by atoms with Crippen LogP contribution in [0.5, 0.6) is 0 Å². The van der Waals surface area contributed by atoms with Crippen LogP contribution in [0.4, 0.5) is 0 Å². The lowest BCUT2D eigenvalue weighted by molar-refractivity contribution is 0.354. The lowest BCUT2D eigenvalue weighted by Crippen LogP contribution is -2.21. The van der Waals surface area contributed by atoms with Crippen molar-refractivity contribution in [3.05, 3.63) is 104 Å². The van der Waals surface area contributed by atoms with Gasteiger partial charge in [-0.1, -0.05) is 27.7 Å². The van der Waals surface area contributed by atoms with Gasteiger partial charge in [0.1, 0.15) is 12.7 Å². The Morgan fingerprint density at radius 1 is 0.548 bits per heavy atom. The maximum Gasteiger partial charge on any atom is 0.213 e. The van der Waals surface area contributed by atoms with Crippen LogP contribution in [0.15, 0.2) is 81.2 Å². The molecule has 6 aromatic heterocycles. The van der Waals surface area contributed by atoms with E-state index in [2.05, 4.69) is 205 Å². The van der Waals surface area contributed by atoms with Gasteiger partial charge in [-0.15, -0.1) is 0 Å². The number of nitrogens with two attached hydrogens (primary N) is 1. The summed E-state index contributed by atoms with van der Waals surface area (Å²) >= 11 is 0. The topological polar surface area (TPSA) is 170 Å². The summed E-state index contributed by atoms with van der Waals surface area (Å²) in [5.74, 6) is -0.0602. The number of aryl methyl sites for hydroxylation is 3. The van der Waals surface area contributed by atoms with Gasteiger partial charge in [-0.25, -0.2) is 34.3 Å². The van der Waals surface area contributed by atoms with E-state index in [0.717, 1.165) is 11.4 Å². The van der Waals surface area contributed by atoms with Gasteiger partial charge in [0.05, 0.1) is 42.2 Å². The fourth-order valence-electron chi connectivity index (χ4n) is 4.65. The van der Waals surface area contributed by atoms with E-state index < -0.39 is 0 Å². The van der Waals surface area contributed by atoms with Crippen molar-refractivity contribution >= 4 is 5.96 Å².